The zero-order chi connectivity index (χ0) is 33.0. The Morgan fingerprint density at radius 2 is 1.67 bits per heavy atom. The summed E-state index contributed by atoms with van der Waals surface area (Å²) in [7, 11) is -3.93. The van der Waals surface area contributed by atoms with Crippen molar-refractivity contribution in [2.75, 3.05) is 13.1 Å². The van der Waals surface area contributed by atoms with Gasteiger partial charge < -0.3 is 9.88 Å². The first kappa shape index (κ1) is 31.9. The summed E-state index contributed by atoms with van der Waals surface area (Å²) in [5.41, 5.74) is 6.07. The van der Waals surface area contributed by atoms with Crippen molar-refractivity contribution in [2.24, 2.45) is 5.92 Å². The fourth-order valence-corrected chi connectivity index (χ4v) is 8.56. The van der Waals surface area contributed by atoms with Crippen molar-refractivity contribution in [2.45, 2.75) is 82.6 Å². The number of benzene rings is 3. The number of nitro groups is 1. The Bertz CT molecular complexity index is 1900. The number of nitrogens with one attached hydrogen (secondary N) is 2. The minimum atomic E-state index is -3.93. The minimum absolute atomic E-state index is 0.0345. The van der Waals surface area contributed by atoms with Crippen molar-refractivity contribution < 1.29 is 18.1 Å². The van der Waals surface area contributed by atoms with E-state index in [1.807, 2.05) is 32.9 Å². The Morgan fingerprint density at radius 3 is 2.26 bits per heavy atom. The highest BCUT2D eigenvalue weighted by Gasteiger charge is 2.42. The third-order valence-electron chi connectivity index (χ3n) is 10.0. The lowest BCUT2D eigenvalue weighted by Crippen LogP contribution is -2.55. The van der Waals surface area contributed by atoms with Crippen molar-refractivity contribution in [3.8, 4) is 11.3 Å². The second kappa shape index (κ2) is 12.0. The number of carbonyl (C=O) groups is 1. The summed E-state index contributed by atoms with van der Waals surface area (Å²) in [5.74, 6) is 0.501. The molecule has 3 aromatic carbocycles. The molecule has 10 heteroatoms. The van der Waals surface area contributed by atoms with Crippen LogP contribution in [-0.2, 0) is 20.2 Å². The zero-order valence-electron chi connectivity index (χ0n) is 27.1. The van der Waals surface area contributed by atoms with E-state index in [1.165, 1.54) is 37.1 Å². The lowest BCUT2D eigenvalue weighted by molar-refractivity contribution is -0.384. The van der Waals surface area contributed by atoms with Gasteiger partial charge in [-0.2, -0.15) is 0 Å². The molecule has 1 amide bonds. The van der Waals surface area contributed by atoms with Gasteiger partial charge in [-0.05, 0) is 118 Å². The first-order valence-corrected chi connectivity index (χ1v) is 17.5. The second-order valence-electron chi connectivity index (χ2n) is 13.8. The molecule has 1 aromatic heterocycles. The number of aryl methyl sites for hydroxylation is 2. The van der Waals surface area contributed by atoms with E-state index in [4.69, 9.17) is 0 Å². The number of nitro benzene ring substituents is 1. The first-order valence-electron chi connectivity index (χ1n) is 16.0. The smallest absolute Gasteiger partial charge is 0.269 e. The second-order valence-corrected chi connectivity index (χ2v) is 15.6. The van der Waals surface area contributed by atoms with E-state index in [-0.39, 0.29) is 29.0 Å². The fourth-order valence-electron chi connectivity index (χ4n) is 7.42. The van der Waals surface area contributed by atoms with Crippen molar-refractivity contribution >= 4 is 32.5 Å². The number of hydrogen-bond donors (Lipinski definition) is 2. The molecule has 242 valence electrons. The zero-order valence-corrected chi connectivity index (χ0v) is 27.9. The molecule has 2 aliphatic heterocycles. The van der Waals surface area contributed by atoms with Crippen LogP contribution in [0.1, 0.15) is 74.6 Å². The predicted octanol–water partition coefficient (Wildman–Crippen LogP) is 7.12. The van der Waals surface area contributed by atoms with E-state index >= 15 is 0 Å². The van der Waals surface area contributed by atoms with Gasteiger partial charge >= 0.3 is 0 Å². The van der Waals surface area contributed by atoms with Crippen molar-refractivity contribution in [3.05, 3.63) is 93.0 Å². The summed E-state index contributed by atoms with van der Waals surface area (Å²) < 4.78 is 29.2. The molecule has 2 N–H and O–H groups in total. The Kier molecular flexibility index (Phi) is 8.31. The van der Waals surface area contributed by atoms with Crippen LogP contribution in [0.2, 0.25) is 0 Å². The number of sulfonamides is 1. The van der Waals surface area contributed by atoms with Gasteiger partial charge in [-0.1, -0.05) is 30.2 Å². The van der Waals surface area contributed by atoms with Crippen LogP contribution in [0.25, 0.3) is 22.2 Å². The van der Waals surface area contributed by atoms with Crippen LogP contribution < -0.4 is 4.72 Å². The quantitative estimate of drug-likeness (QED) is 0.149. The summed E-state index contributed by atoms with van der Waals surface area (Å²) >= 11 is 0. The number of carbonyl (C=O) groups excluding carboxylic acids is 1. The van der Waals surface area contributed by atoms with Gasteiger partial charge in [-0.25, -0.2) is 13.1 Å². The summed E-state index contributed by atoms with van der Waals surface area (Å²) in [5, 5.41) is 12.0. The predicted molar refractivity (Wildman–Crippen MR) is 180 cm³/mol. The van der Waals surface area contributed by atoms with Crippen LogP contribution in [0.4, 0.5) is 5.69 Å². The summed E-state index contributed by atoms with van der Waals surface area (Å²) in [6, 6.07) is 17.7. The first-order chi connectivity index (χ1) is 21.7. The van der Waals surface area contributed by atoms with Crippen molar-refractivity contribution in [3.63, 3.8) is 0 Å². The van der Waals surface area contributed by atoms with Gasteiger partial charge in [0.1, 0.15) is 0 Å². The van der Waals surface area contributed by atoms with Crippen LogP contribution in [-0.4, -0.2) is 48.3 Å². The van der Waals surface area contributed by atoms with Gasteiger partial charge in [0.15, 0.2) is 0 Å². The number of rotatable bonds is 9. The molecule has 0 unspecified atom stereocenters. The molecular formula is C36H42N4O5S. The number of fused-ring (bicyclic) bond motifs is 4. The number of H-pyrrole nitrogens is 1. The van der Waals surface area contributed by atoms with Gasteiger partial charge in [0.05, 0.1) is 20.9 Å². The standard InChI is InChI=1S/C36H42N4O5S/c1-22-16-23(2)18-26(17-22)34-33(24(3)20-37-46(44,45)30-13-11-29(12-14-30)40(42)43)31-19-27(8-15-32(31)38-34)36(4,5)35(41)39-21-25-6-9-28(39)10-7-25/h8,11-19,24-25,28,37-38H,6-7,9-10,20-21H2,1-5H3/t24-,25?,28?/m1/s1. The van der Waals surface area contributed by atoms with Gasteiger partial charge in [0.2, 0.25) is 15.9 Å². The minimum Gasteiger partial charge on any atom is -0.354 e. The van der Waals surface area contributed by atoms with Crippen molar-refractivity contribution in [1.82, 2.24) is 14.6 Å². The third kappa shape index (κ3) is 5.96. The molecule has 2 bridgehead atoms. The Labute approximate surface area is 270 Å². The summed E-state index contributed by atoms with van der Waals surface area (Å²) in [6.07, 6.45) is 4.58. The molecule has 3 aliphatic rings. The molecular weight excluding hydrogens is 600 g/mol. The molecule has 1 saturated carbocycles. The number of aromatic amines is 1. The number of nitrogens with zero attached hydrogens (tertiary/aromatic N) is 2. The molecule has 1 atom stereocenters. The molecule has 46 heavy (non-hydrogen) atoms. The largest absolute Gasteiger partial charge is 0.354 e. The van der Waals surface area contributed by atoms with Crippen molar-refractivity contribution in [1.29, 1.82) is 0 Å². The number of non-ortho nitro benzene ring substituents is 1. The van der Waals surface area contributed by atoms with E-state index in [2.05, 4.69) is 52.7 Å². The maximum absolute atomic E-state index is 14.1. The molecule has 7 rings (SSSR count). The van der Waals surface area contributed by atoms with E-state index in [9.17, 15) is 23.3 Å². The molecule has 4 aromatic rings. The average Bonchev–Trinajstić information content (AvgIpc) is 3.42. The normalized spacial score (nSPS) is 19.0. The highest BCUT2D eigenvalue weighted by atomic mass is 32.2. The van der Waals surface area contributed by atoms with Gasteiger partial charge in [-0.15, -0.1) is 0 Å². The molecule has 2 saturated heterocycles. The number of aromatic nitrogens is 1. The maximum Gasteiger partial charge on any atom is 0.269 e. The van der Waals surface area contributed by atoms with E-state index < -0.39 is 20.4 Å². The highest BCUT2D eigenvalue weighted by molar-refractivity contribution is 7.89. The Hall–Kier alpha value is -4.02. The molecule has 0 radical (unpaired) electrons. The van der Waals surface area contributed by atoms with Crippen LogP contribution in [0.5, 0.6) is 0 Å². The van der Waals surface area contributed by atoms with Gasteiger partial charge in [0.25, 0.3) is 5.69 Å². The Balaban J connectivity index is 1.37. The molecule has 1 aliphatic carbocycles. The van der Waals surface area contributed by atoms with Gasteiger partial charge in [-0.3, -0.25) is 14.9 Å². The van der Waals surface area contributed by atoms with E-state index in [1.54, 1.807) is 0 Å². The maximum atomic E-state index is 14.1. The summed E-state index contributed by atoms with van der Waals surface area (Å²) in [4.78, 5) is 30.3. The fraction of sp³-hybridized carbons (Fsp3) is 0.417. The topological polar surface area (TPSA) is 125 Å². The van der Waals surface area contributed by atoms with Crippen LogP contribution in [0.15, 0.2) is 65.6 Å². The highest BCUT2D eigenvalue weighted by Crippen LogP contribution is 2.41. The van der Waals surface area contributed by atoms with Crippen LogP contribution in [0, 0.1) is 29.9 Å². The van der Waals surface area contributed by atoms with Gasteiger partial charge in [0, 0.05) is 42.2 Å². The monoisotopic (exact) mass is 642 g/mol. The lowest BCUT2D eigenvalue weighted by Gasteiger charge is -2.47. The molecule has 3 fully saturated rings. The molecule has 9 nitrogen and oxygen atoms in total. The number of piperidine rings is 2. The van der Waals surface area contributed by atoms with Crippen LogP contribution in [0.3, 0.4) is 0 Å². The number of hydrogen-bond acceptors (Lipinski definition) is 5. The van der Waals surface area contributed by atoms with E-state index in [0.717, 1.165) is 63.8 Å². The van der Waals surface area contributed by atoms with Crippen LogP contribution >= 0.6 is 0 Å². The third-order valence-corrected chi connectivity index (χ3v) is 11.4. The lowest BCUT2D eigenvalue weighted by atomic mass is 9.76. The Morgan fingerprint density at radius 1 is 1.02 bits per heavy atom. The summed E-state index contributed by atoms with van der Waals surface area (Å²) in [6.45, 7) is 11.1. The van der Waals surface area contributed by atoms with E-state index in [0.29, 0.717) is 12.0 Å². The molecule has 3 heterocycles. The molecule has 0 spiro atoms. The number of amides is 1. The SMILES string of the molecule is Cc1cc(C)cc(-c2[nH]c3ccc(C(C)(C)C(=O)N4CC5CCC4CC5)cc3c2[C@H](C)CNS(=O)(=O)c2ccc([N+](=O)[O-])cc2)c1. The average molecular weight is 643 g/mol.